The molecule has 0 aliphatic rings. The van der Waals surface area contributed by atoms with Gasteiger partial charge in [0.2, 0.25) is 5.88 Å². The monoisotopic (exact) mass is 396 g/mol. The van der Waals surface area contributed by atoms with Crippen LogP contribution >= 0.6 is 0 Å². The number of halogens is 1. The second kappa shape index (κ2) is 8.87. The smallest absolute Gasteiger partial charge is 0.272 e. The minimum absolute atomic E-state index is 0.0347. The third kappa shape index (κ3) is 5.10. The van der Waals surface area contributed by atoms with E-state index in [-0.39, 0.29) is 36.4 Å². The van der Waals surface area contributed by atoms with Crippen LogP contribution in [0.4, 0.5) is 10.1 Å². The van der Waals surface area contributed by atoms with Crippen molar-refractivity contribution in [1.29, 1.82) is 0 Å². The maximum absolute atomic E-state index is 13.0. The molecule has 3 rings (SSSR count). The van der Waals surface area contributed by atoms with Crippen LogP contribution in [0.2, 0.25) is 0 Å². The summed E-state index contributed by atoms with van der Waals surface area (Å²) in [7, 11) is 0. The molecule has 0 aliphatic heterocycles. The number of hydrogen-bond donors (Lipinski definition) is 1. The van der Waals surface area contributed by atoms with E-state index < -0.39 is 4.92 Å². The van der Waals surface area contributed by atoms with Crippen molar-refractivity contribution in [2.45, 2.75) is 6.92 Å². The van der Waals surface area contributed by atoms with Crippen LogP contribution in [0.15, 0.2) is 54.6 Å². The van der Waals surface area contributed by atoms with Crippen LogP contribution in [0.25, 0.3) is 11.3 Å². The van der Waals surface area contributed by atoms with Crippen LogP contribution in [0.1, 0.15) is 15.9 Å². The summed E-state index contributed by atoms with van der Waals surface area (Å²) in [5.41, 5.74) is 2.02. The summed E-state index contributed by atoms with van der Waals surface area (Å²) in [6.07, 6.45) is 0. The summed E-state index contributed by atoms with van der Waals surface area (Å²) >= 11 is 0. The Hall–Kier alpha value is -3.88. The molecule has 0 saturated heterocycles. The third-order valence-corrected chi connectivity index (χ3v) is 4.07. The predicted octanol–water partition coefficient (Wildman–Crippen LogP) is 3.31. The lowest BCUT2D eigenvalue weighted by atomic mass is 10.1. The van der Waals surface area contributed by atoms with E-state index >= 15 is 0 Å². The fourth-order valence-corrected chi connectivity index (χ4v) is 2.60. The molecule has 2 aromatic carbocycles. The summed E-state index contributed by atoms with van der Waals surface area (Å²) in [5.74, 6) is -0.395. The zero-order valence-electron chi connectivity index (χ0n) is 15.5. The maximum atomic E-state index is 13.0. The van der Waals surface area contributed by atoms with Crippen molar-refractivity contribution < 1.29 is 18.8 Å². The van der Waals surface area contributed by atoms with Crippen LogP contribution < -0.4 is 10.1 Å². The summed E-state index contributed by atoms with van der Waals surface area (Å²) in [4.78, 5) is 22.5. The van der Waals surface area contributed by atoms with E-state index in [1.807, 2.05) is 0 Å². The standard InChI is InChI=1S/C20H17FN4O4/c1-13-12-15(4-8-18(13)25(27)28)20(26)22-10-11-29-19-9-7-17(23-24-19)14-2-5-16(21)6-3-14/h2-9,12H,10-11H2,1H3,(H,22,26). The van der Waals surface area contributed by atoms with Crippen LogP contribution in [0, 0.1) is 22.9 Å². The Bertz CT molecular complexity index is 1020. The maximum Gasteiger partial charge on any atom is 0.272 e. The van der Waals surface area contributed by atoms with E-state index in [1.54, 1.807) is 31.2 Å². The first-order chi connectivity index (χ1) is 13.9. The molecule has 0 saturated carbocycles. The highest BCUT2D eigenvalue weighted by Gasteiger charge is 2.13. The van der Waals surface area contributed by atoms with Gasteiger partial charge in [-0.3, -0.25) is 14.9 Å². The van der Waals surface area contributed by atoms with Gasteiger partial charge in [-0.05, 0) is 49.4 Å². The number of nitrogens with zero attached hydrogens (tertiary/aromatic N) is 3. The molecule has 0 atom stereocenters. The van der Waals surface area contributed by atoms with Gasteiger partial charge in [0.1, 0.15) is 12.4 Å². The molecule has 0 bridgehead atoms. The number of nitrogens with one attached hydrogen (secondary N) is 1. The SMILES string of the molecule is Cc1cc(C(=O)NCCOc2ccc(-c3ccc(F)cc3)nn2)ccc1[N+](=O)[O-]. The lowest BCUT2D eigenvalue weighted by molar-refractivity contribution is -0.385. The number of aromatic nitrogens is 2. The number of carbonyl (C=O) groups is 1. The van der Waals surface area contributed by atoms with Crippen molar-refractivity contribution in [1.82, 2.24) is 15.5 Å². The van der Waals surface area contributed by atoms with Gasteiger partial charge in [-0.2, -0.15) is 0 Å². The normalized spacial score (nSPS) is 10.4. The van der Waals surface area contributed by atoms with E-state index in [4.69, 9.17) is 4.74 Å². The van der Waals surface area contributed by atoms with Gasteiger partial charge in [0.25, 0.3) is 11.6 Å². The summed E-state index contributed by atoms with van der Waals surface area (Å²) in [6.45, 7) is 1.96. The fraction of sp³-hybridized carbons (Fsp3) is 0.150. The number of carbonyl (C=O) groups excluding carboxylic acids is 1. The van der Waals surface area contributed by atoms with Gasteiger partial charge in [0, 0.05) is 28.8 Å². The first kappa shape index (κ1) is 19.9. The lowest BCUT2D eigenvalue weighted by Gasteiger charge is -2.08. The van der Waals surface area contributed by atoms with Crippen molar-refractivity contribution in [3.8, 4) is 17.1 Å². The fourth-order valence-electron chi connectivity index (χ4n) is 2.60. The Morgan fingerprint density at radius 3 is 2.52 bits per heavy atom. The molecule has 0 radical (unpaired) electrons. The van der Waals surface area contributed by atoms with E-state index in [1.165, 1.54) is 30.3 Å². The zero-order chi connectivity index (χ0) is 20.8. The minimum Gasteiger partial charge on any atom is -0.475 e. The number of ether oxygens (including phenoxy) is 1. The molecule has 3 aromatic rings. The number of aryl methyl sites for hydroxylation is 1. The Morgan fingerprint density at radius 2 is 1.90 bits per heavy atom. The highest BCUT2D eigenvalue weighted by molar-refractivity contribution is 5.94. The molecule has 0 fully saturated rings. The van der Waals surface area contributed by atoms with Crippen LogP contribution in [0.3, 0.4) is 0 Å². The molecule has 1 N–H and O–H groups in total. The molecule has 0 unspecified atom stereocenters. The molecule has 0 aliphatic carbocycles. The summed E-state index contributed by atoms with van der Waals surface area (Å²) < 4.78 is 18.4. The average Bonchev–Trinajstić information content (AvgIpc) is 2.72. The number of benzene rings is 2. The van der Waals surface area contributed by atoms with Gasteiger partial charge >= 0.3 is 0 Å². The van der Waals surface area contributed by atoms with Gasteiger partial charge in [-0.25, -0.2) is 4.39 Å². The first-order valence-corrected chi connectivity index (χ1v) is 8.70. The Balaban J connectivity index is 1.49. The highest BCUT2D eigenvalue weighted by Crippen LogP contribution is 2.19. The Morgan fingerprint density at radius 1 is 1.14 bits per heavy atom. The van der Waals surface area contributed by atoms with Crippen molar-refractivity contribution in [3.63, 3.8) is 0 Å². The van der Waals surface area contributed by atoms with Crippen LogP contribution in [-0.4, -0.2) is 34.2 Å². The van der Waals surface area contributed by atoms with Crippen LogP contribution in [-0.2, 0) is 0 Å². The summed E-state index contributed by atoms with van der Waals surface area (Å²) in [5, 5.41) is 21.5. The molecule has 1 amide bonds. The van der Waals surface area contributed by atoms with E-state index in [2.05, 4.69) is 15.5 Å². The third-order valence-electron chi connectivity index (χ3n) is 4.07. The van der Waals surface area contributed by atoms with E-state index in [0.717, 1.165) is 5.56 Å². The van der Waals surface area contributed by atoms with Gasteiger partial charge in [-0.1, -0.05) is 0 Å². The van der Waals surface area contributed by atoms with E-state index in [9.17, 15) is 19.3 Å². The van der Waals surface area contributed by atoms with E-state index in [0.29, 0.717) is 16.8 Å². The molecule has 148 valence electrons. The quantitative estimate of drug-likeness (QED) is 0.373. The predicted molar refractivity (Wildman–Crippen MR) is 103 cm³/mol. The molecule has 29 heavy (non-hydrogen) atoms. The second-order valence-corrected chi connectivity index (χ2v) is 6.13. The number of amides is 1. The van der Waals surface area contributed by atoms with Gasteiger partial charge in [-0.15, -0.1) is 10.2 Å². The van der Waals surface area contributed by atoms with Crippen LogP contribution in [0.5, 0.6) is 5.88 Å². The molecule has 1 heterocycles. The minimum atomic E-state index is -0.493. The summed E-state index contributed by atoms with van der Waals surface area (Å²) in [6, 6.07) is 13.4. The molecular formula is C20H17FN4O4. The topological polar surface area (TPSA) is 107 Å². The van der Waals surface area contributed by atoms with Gasteiger partial charge in [0.05, 0.1) is 17.2 Å². The number of rotatable bonds is 7. The molecule has 9 heteroatoms. The Labute approximate surface area is 165 Å². The van der Waals surface area contributed by atoms with Crippen molar-refractivity contribution in [3.05, 3.63) is 81.7 Å². The van der Waals surface area contributed by atoms with Gasteiger partial charge in [0.15, 0.2) is 0 Å². The Kier molecular flexibility index (Phi) is 6.08. The van der Waals surface area contributed by atoms with Gasteiger partial charge < -0.3 is 10.1 Å². The zero-order valence-corrected chi connectivity index (χ0v) is 15.5. The van der Waals surface area contributed by atoms with Crippen molar-refractivity contribution in [2.24, 2.45) is 0 Å². The molecule has 0 spiro atoms. The highest BCUT2D eigenvalue weighted by atomic mass is 19.1. The first-order valence-electron chi connectivity index (χ1n) is 8.70. The lowest BCUT2D eigenvalue weighted by Crippen LogP contribution is -2.28. The number of nitro benzene ring substituents is 1. The van der Waals surface area contributed by atoms with Crippen molar-refractivity contribution in [2.75, 3.05) is 13.2 Å². The largest absolute Gasteiger partial charge is 0.475 e. The number of hydrogen-bond acceptors (Lipinski definition) is 6. The average molecular weight is 396 g/mol. The van der Waals surface area contributed by atoms with Crippen molar-refractivity contribution >= 4 is 11.6 Å². The molecule has 1 aromatic heterocycles. The molecular weight excluding hydrogens is 379 g/mol. The molecule has 8 nitrogen and oxygen atoms in total. The number of nitro groups is 1. The second-order valence-electron chi connectivity index (χ2n) is 6.13.